The lowest BCUT2D eigenvalue weighted by molar-refractivity contribution is -0.216. The van der Waals surface area contributed by atoms with Crippen LogP contribution in [0, 0.1) is 11.7 Å². The normalized spacial score (nSPS) is 19.0. The highest BCUT2D eigenvalue weighted by atomic mass is 35.5. The van der Waals surface area contributed by atoms with Crippen molar-refractivity contribution in [2.75, 3.05) is 12.4 Å². The lowest BCUT2D eigenvalue weighted by Crippen LogP contribution is -2.24. The molecule has 1 aliphatic carbocycles. The van der Waals surface area contributed by atoms with Crippen LogP contribution in [-0.4, -0.2) is 49.9 Å². The molecule has 5 rings (SSSR count). The van der Waals surface area contributed by atoms with E-state index in [0.717, 1.165) is 7.11 Å². The Morgan fingerprint density at radius 3 is 2.74 bits per heavy atom. The van der Waals surface area contributed by atoms with Crippen LogP contribution >= 0.6 is 11.6 Å². The molecule has 34 heavy (non-hydrogen) atoms. The van der Waals surface area contributed by atoms with E-state index in [0.29, 0.717) is 5.65 Å². The number of anilines is 1. The van der Waals surface area contributed by atoms with Crippen molar-refractivity contribution in [1.29, 1.82) is 0 Å². The quantitative estimate of drug-likeness (QED) is 0.390. The first kappa shape index (κ1) is 22.5. The van der Waals surface area contributed by atoms with Gasteiger partial charge in [0.05, 0.1) is 46.3 Å². The number of amides is 1. The summed E-state index contributed by atoms with van der Waals surface area (Å²) in [5, 5.41) is 8.14. The molecular formula is C20H14ClF5N6O2. The summed E-state index contributed by atoms with van der Waals surface area (Å²) in [5.74, 6) is -2.39. The van der Waals surface area contributed by atoms with E-state index in [9.17, 15) is 22.4 Å². The fraction of sp³-hybridized carbons (Fsp3) is 0.300. The summed E-state index contributed by atoms with van der Waals surface area (Å²) in [5.41, 5.74) is -0.650. The number of nitrogens with zero attached hydrogens (tertiary/aromatic N) is 4. The minimum atomic E-state index is -4.91. The van der Waals surface area contributed by atoms with E-state index in [-0.39, 0.29) is 34.4 Å². The molecule has 0 radical (unpaired) electrons. The number of rotatable bonds is 5. The molecule has 178 valence electrons. The molecule has 3 atom stereocenters. The predicted octanol–water partition coefficient (Wildman–Crippen LogP) is 4.61. The molecule has 3 heterocycles. The fourth-order valence-electron chi connectivity index (χ4n) is 3.79. The number of methoxy groups -OCH3 is 1. The molecule has 3 aromatic heterocycles. The van der Waals surface area contributed by atoms with Gasteiger partial charge in [0.2, 0.25) is 5.91 Å². The maximum Gasteiger partial charge on any atom is 0.419 e. The Morgan fingerprint density at radius 1 is 1.35 bits per heavy atom. The topological polar surface area (TPSA) is 97.2 Å². The van der Waals surface area contributed by atoms with Gasteiger partial charge >= 0.3 is 6.18 Å². The molecule has 0 spiro atoms. The van der Waals surface area contributed by atoms with Crippen LogP contribution < -0.4 is 5.32 Å². The van der Waals surface area contributed by atoms with E-state index in [1.807, 2.05) is 0 Å². The van der Waals surface area contributed by atoms with Crippen LogP contribution in [0.25, 0.3) is 27.8 Å². The van der Waals surface area contributed by atoms with Crippen LogP contribution in [0.5, 0.6) is 0 Å². The molecule has 1 amide bonds. The SMILES string of the molecule is COC(c1c(F)c(Cl)c(-c2cn3cc(NC(=O)[C@@H]4C[C@@H]4F)nc3cn2)c2cn[nH]c12)C(F)(F)F. The zero-order chi connectivity index (χ0) is 24.4. The molecule has 0 bridgehead atoms. The van der Waals surface area contributed by atoms with Gasteiger partial charge in [-0.05, 0) is 6.42 Å². The number of hydrogen-bond donors (Lipinski definition) is 2. The van der Waals surface area contributed by atoms with E-state index < -0.39 is 46.7 Å². The van der Waals surface area contributed by atoms with Crippen molar-refractivity contribution < 1.29 is 31.5 Å². The van der Waals surface area contributed by atoms with Crippen LogP contribution in [-0.2, 0) is 9.53 Å². The molecule has 14 heteroatoms. The largest absolute Gasteiger partial charge is 0.419 e. The minimum Gasteiger partial charge on any atom is -0.367 e. The summed E-state index contributed by atoms with van der Waals surface area (Å²) in [6.07, 6.45) is -3.13. The van der Waals surface area contributed by atoms with Gasteiger partial charge in [-0.25, -0.2) is 13.8 Å². The maximum atomic E-state index is 15.2. The molecule has 0 aliphatic heterocycles. The standard InChI is InChI=1S/C20H14ClF5N6O2/c1-34-18(20(24,25)26)14-16(23)15(21)13(8-3-28-31-17(8)14)10-5-32-6-11(29-12(32)4-27-10)30-19(33)7-2-9(7)22/h3-7,9,18H,2H2,1H3,(H,28,31)(H,30,33)/t7-,9+,18?/m1/s1. The molecule has 1 aliphatic rings. The number of halogens is 6. The van der Waals surface area contributed by atoms with Crippen molar-refractivity contribution >= 4 is 39.9 Å². The van der Waals surface area contributed by atoms with E-state index in [4.69, 9.17) is 11.6 Å². The number of imidazole rings is 1. The van der Waals surface area contributed by atoms with Gasteiger partial charge in [-0.3, -0.25) is 14.9 Å². The number of benzene rings is 1. The molecule has 1 unspecified atom stereocenters. The Balaban J connectivity index is 1.60. The molecule has 1 aromatic carbocycles. The predicted molar refractivity (Wildman–Crippen MR) is 110 cm³/mol. The zero-order valence-corrected chi connectivity index (χ0v) is 17.9. The van der Waals surface area contributed by atoms with Gasteiger partial charge in [-0.15, -0.1) is 0 Å². The third kappa shape index (κ3) is 3.64. The van der Waals surface area contributed by atoms with E-state index >= 15 is 4.39 Å². The summed E-state index contributed by atoms with van der Waals surface area (Å²) in [4.78, 5) is 20.3. The van der Waals surface area contributed by atoms with E-state index in [1.165, 1.54) is 29.2 Å². The van der Waals surface area contributed by atoms with Crippen molar-refractivity contribution in [2.24, 2.45) is 5.92 Å². The van der Waals surface area contributed by atoms with Crippen molar-refractivity contribution in [2.45, 2.75) is 24.9 Å². The Kier molecular flexibility index (Phi) is 5.20. The third-order valence-electron chi connectivity index (χ3n) is 5.52. The van der Waals surface area contributed by atoms with Crippen LogP contribution in [0.3, 0.4) is 0 Å². The summed E-state index contributed by atoms with van der Waals surface area (Å²) >= 11 is 6.20. The van der Waals surface area contributed by atoms with E-state index in [2.05, 4.69) is 30.2 Å². The number of nitrogens with one attached hydrogen (secondary N) is 2. The van der Waals surface area contributed by atoms with Gasteiger partial charge in [0.1, 0.15) is 6.17 Å². The second-order valence-corrected chi connectivity index (χ2v) is 8.12. The fourth-order valence-corrected chi connectivity index (χ4v) is 4.09. The average Bonchev–Trinajstić information content (AvgIpc) is 3.14. The van der Waals surface area contributed by atoms with Crippen molar-refractivity contribution in [3.05, 3.63) is 41.2 Å². The van der Waals surface area contributed by atoms with Gasteiger partial charge in [0.25, 0.3) is 0 Å². The molecule has 4 aromatic rings. The Hall–Kier alpha value is -3.32. The number of aromatic amines is 1. The first-order valence-electron chi connectivity index (χ1n) is 9.83. The first-order valence-corrected chi connectivity index (χ1v) is 10.2. The summed E-state index contributed by atoms with van der Waals surface area (Å²) < 4.78 is 74.7. The average molecular weight is 501 g/mol. The number of fused-ring (bicyclic) bond motifs is 2. The highest BCUT2D eigenvalue weighted by molar-refractivity contribution is 6.35. The Labute approximate surface area is 192 Å². The van der Waals surface area contributed by atoms with Crippen LogP contribution in [0.4, 0.5) is 27.8 Å². The maximum absolute atomic E-state index is 15.2. The van der Waals surface area contributed by atoms with Gasteiger partial charge in [0.15, 0.2) is 23.4 Å². The summed E-state index contributed by atoms with van der Waals surface area (Å²) in [6, 6.07) is 0. The molecule has 0 saturated heterocycles. The molecular weight excluding hydrogens is 487 g/mol. The Morgan fingerprint density at radius 2 is 2.09 bits per heavy atom. The van der Waals surface area contributed by atoms with Crippen LogP contribution in [0.15, 0.2) is 24.8 Å². The van der Waals surface area contributed by atoms with Crippen LogP contribution in [0.2, 0.25) is 5.02 Å². The van der Waals surface area contributed by atoms with Gasteiger partial charge < -0.3 is 14.5 Å². The van der Waals surface area contributed by atoms with Crippen molar-refractivity contribution in [3.8, 4) is 11.3 Å². The number of aromatic nitrogens is 5. The van der Waals surface area contributed by atoms with Gasteiger partial charge in [0, 0.05) is 24.3 Å². The second-order valence-electron chi connectivity index (χ2n) is 7.74. The molecule has 8 nitrogen and oxygen atoms in total. The third-order valence-corrected chi connectivity index (χ3v) is 5.87. The Bertz CT molecular complexity index is 1430. The first-order chi connectivity index (χ1) is 16.1. The summed E-state index contributed by atoms with van der Waals surface area (Å²) in [6.45, 7) is 0. The molecule has 1 saturated carbocycles. The minimum absolute atomic E-state index is 0.00290. The lowest BCUT2D eigenvalue weighted by atomic mass is 9.99. The lowest BCUT2D eigenvalue weighted by Gasteiger charge is -2.21. The van der Waals surface area contributed by atoms with Gasteiger partial charge in [-0.2, -0.15) is 18.3 Å². The second kappa shape index (κ2) is 7.87. The molecule has 1 fully saturated rings. The highest BCUT2D eigenvalue weighted by Gasteiger charge is 2.45. The summed E-state index contributed by atoms with van der Waals surface area (Å²) in [7, 11) is 0.809. The smallest absolute Gasteiger partial charge is 0.367 e. The number of carbonyl (C=O) groups excluding carboxylic acids is 1. The number of ether oxygens (including phenoxy) is 1. The van der Waals surface area contributed by atoms with E-state index in [1.54, 1.807) is 0 Å². The van der Waals surface area contributed by atoms with Crippen molar-refractivity contribution in [3.63, 3.8) is 0 Å². The highest BCUT2D eigenvalue weighted by Crippen LogP contribution is 2.45. The number of alkyl halides is 4. The number of H-pyrrole nitrogens is 1. The van der Waals surface area contributed by atoms with Crippen molar-refractivity contribution in [1.82, 2.24) is 24.6 Å². The molecule has 2 N–H and O–H groups in total. The zero-order valence-electron chi connectivity index (χ0n) is 17.1. The monoisotopic (exact) mass is 500 g/mol. The van der Waals surface area contributed by atoms with Crippen LogP contribution in [0.1, 0.15) is 18.1 Å². The number of hydrogen-bond acceptors (Lipinski definition) is 5. The van der Waals surface area contributed by atoms with Gasteiger partial charge in [-0.1, -0.05) is 11.6 Å². The number of carbonyl (C=O) groups is 1.